The summed E-state index contributed by atoms with van der Waals surface area (Å²) in [5, 5.41) is 10.9. The van der Waals surface area contributed by atoms with Gasteiger partial charge in [-0.1, -0.05) is 15.9 Å². The molecular weight excluding hydrogens is 546 g/mol. The van der Waals surface area contributed by atoms with E-state index in [4.69, 9.17) is 5.10 Å². The van der Waals surface area contributed by atoms with Crippen LogP contribution in [0.4, 0.5) is 5.69 Å². The molecule has 3 aromatic rings. The average molecular weight is 577 g/mol. The predicted molar refractivity (Wildman–Crippen MR) is 144 cm³/mol. The first kappa shape index (κ1) is 26.2. The normalized spacial score (nSPS) is 13.7. The molecule has 1 aliphatic carbocycles. The summed E-state index contributed by atoms with van der Waals surface area (Å²) in [5.41, 5.74) is 2.93. The van der Waals surface area contributed by atoms with Gasteiger partial charge in [0.2, 0.25) is 15.9 Å². The van der Waals surface area contributed by atoms with Crippen LogP contribution in [0.3, 0.4) is 0 Å². The van der Waals surface area contributed by atoms with Crippen molar-refractivity contribution in [3.63, 3.8) is 0 Å². The van der Waals surface area contributed by atoms with E-state index >= 15 is 0 Å². The van der Waals surface area contributed by atoms with Crippen molar-refractivity contribution in [3.05, 3.63) is 52.1 Å². The van der Waals surface area contributed by atoms with Gasteiger partial charge in [-0.25, -0.2) is 13.1 Å². The van der Waals surface area contributed by atoms with Crippen molar-refractivity contribution in [1.29, 1.82) is 0 Å². The van der Waals surface area contributed by atoms with Gasteiger partial charge < -0.3 is 10.6 Å². The number of hydrogen-bond acceptors (Lipinski definition) is 5. The number of hydrogen-bond donors (Lipinski definition) is 2. The fraction of sp³-hybridized carbons (Fsp3) is 0.400. The minimum absolute atomic E-state index is 0.0122. The summed E-state index contributed by atoms with van der Waals surface area (Å²) < 4.78 is 29.5. The number of amides is 2. The van der Waals surface area contributed by atoms with Crippen molar-refractivity contribution in [2.45, 2.75) is 45.1 Å². The lowest BCUT2D eigenvalue weighted by molar-refractivity contribution is -0.121. The standard InChI is InChI=1S/C25H30BrN5O4S/c1-15(2)28-23(32)11-12-30(36(4,34)35)22-14-21-20(13-19(22)16-5-6-16)24(25(33)27-3)31(29-21)18-9-7-17(26)8-10-18/h7-10,13-16H,5-6,11-12H2,1-4H3,(H,27,33)(H,28,32). The van der Waals surface area contributed by atoms with Gasteiger partial charge in [0.25, 0.3) is 5.91 Å². The van der Waals surface area contributed by atoms with Gasteiger partial charge in [0.05, 0.1) is 23.1 Å². The van der Waals surface area contributed by atoms with Crippen LogP contribution in [-0.2, 0) is 14.8 Å². The molecule has 11 heteroatoms. The van der Waals surface area contributed by atoms with E-state index < -0.39 is 10.0 Å². The zero-order valence-electron chi connectivity index (χ0n) is 20.7. The lowest BCUT2D eigenvalue weighted by Gasteiger charge is -2.25. The first-order valence-electron chi connectivity index (χ1n) is 11.8. The number of nitrogens with one attached hydrogen (secondary N) is 2. The Hall–Kier alpha value is -2.92. The van der Waals surface area contributed by atoms with Crippen molar-refractivity contribution in [3.8, 4) is 5.69 Å². The van der Waals surface area contributed by atoms with E-state index in [2.05, 4.69) is 26.6 Å². The first-order chi connectivity index (χ1) is 17.0. The number of fused-ring (bicyclic) bond motifs is 1. The van der Waals surface area contributed by atoms with Gasteiger partial charge in [-0.15, -0.1) is 0 Å². The smallest absolute Gasteiger partial charge is 0.270 e. The maximum Gasteiger partial charge on any atom is 0.270 e. The second-order valence-electron chi connectivity index (χ2n) is 9.33. The fourth-order valence-electron chi connectivity index (χ4n) is 4.24. The maximum atomic E-state index is 13.0. The number of aromatic nitrogens is 2. The third-order valence-corrected chi connectivity index (χ3v) is 7.72. The van der Waals surface area contributed by atoms with Crippen LogP contribution in [0.15, 0.2) is 40.9 Å². The van der Waals surface area contributed by atoms with Crippen LogP contribution in [0.25, 0.3) is 16.6 Å². The molecule has 0 aliphatic heterocycles. The summed E-state index contributed by atoms with van der Waals surface area (Å²) in [6.45, 7) is 3.73. The molecule has 1 fully saturated rings. The summed E-state index contributed by atoms with van der Waals surface area (Å²) in [6.07, 6.45) is 3.04. The van der Waals surface area contributed by atoms with Gasteiger partial charge in [-0.05, 0) is 74.6 Å². The maximum absolute atomic E-state index is 13.0. The van der Waals surface area contributed by atoms with Crippen molar-refractivity contribution >= 4 is 54.4 Å². The molecule has 0 radical (unpaired) electrons. The van der Waals surface area contributed by atoms with Gasteiger partial charge >= 0.3 is 0 Å². The number of sulfonamides is 1. The summed E-state index contributed by atoms with van der Waals surface area (Å²) in [6, 6.07) is 11.0. The Kier molecular flexibility index (Phi) is 7.42. The second-order valence-corrected chi connectivity index (χ2v) is 12.1. The van der Waals surface area contributed by atoms with E-state index in [0.29, 0.717) is 28.0 Å². The largest absolute Gasteiger partial charge is 0.354 e. The minimum Gasteiger partial charge on any atom is -0.354 e. The molecule has 0 bridgehead atoms. The van der Waals surface area contributed by atoms with E-state index in [0.717, 1.165) is 29.1 Å². The van der Waals surface area contributed by atoms with Crippen molar-refractivity contribution in [1.82, 2.24) is 20.4 Å². The Labute approximate surface area is 219 Å². The summed E-state index contributed by atoms with van der Waals surface area (Å²) in [5.74, 6) is -0.318. The molecule has 2 amide bonds. The van der Waals surface area contributed by atoms with E-state index in [1.54, 1.807) is 17.8 Å². The van der Waals surface area contributed by atoms with Crippen molar-refractivity contribution in [2.75, 3.05) is 24.2 Å². The van der Waals surface area contributed by atoms with Crippen molar-refractivity contribution in [2.24, 2.45) is 0 Å². The Bertz CT molecular complexity index is 1410. The zero-order valence-corrected chi connectivity index (χ0v) is 23.1. The molecule has 4 rings (SSSR count). The van der Waals surface area contributed by atoms with Crippen LogP contribution in [0.1, 0.15) is 55.1 Å². The highest BCUT2D eigenvalue weighted by atomic mass is 79.9. The number of anilines is 1. The topological polar surface area (TPSA) is 113 Å². The van der Waals surface area contributed by atoms with E-state index in [9.17, 15) is 18.0 Å². The highest BCUT2D eigenvalue weighted by molar-refractivity contribution is 9.10. The zero-order chi connectivity index (χ0) is 26.2. The number of carbonyl (C=O) groups excluding carboxylic acids is 2. The Morgan fingerprint density at radius 2 is 1.86 bits per heavy atom. The van der Waals surface area contributed by atoms with Crippen LogP contribution in [-0.4, -0.2) is 55.9 Å². The second kappa shape index (κ2) is 10.2. The molecule has 1 heterocycles. The molecule has 2 N–H and O–H groups in total. The van der Waals surface area contributed by atoms with E-state index in [1.807, 2.05) is 44.2 Å². The van der Waals surface area contributed by atoms with Crippen LogP contribution in [0, 0.1) is 0 Å². The van der Waals surface area contributed by atoms with Crippen LogP contribution in [0.2, 0.25) is 0 Å². The average Bonchev–Trinajstić information content (AvgIpc) is 3.58. The number of benzene rings is 2. The van der Waals surface area contributed by atoms with Crippen LogP contribution >= 0.6 is 15.9 Å². The molecule has 2 aromatic carbocycles. The molecule has 0 saturated heterocycles. The van der Waals surface area contributed by atoms with Crippen molar-refractivity contribution < 1.29 is 18.0 Å². The molecule has 0 unspecified atom stereocenters. The third kappa shape index (κ3) is 5.57. The van der Waals surface area contributed by atoms with Gasteiger partial charge in [0, 0.05) is 35.9 Å². The lowest BCUT2D eigenvalue weighted by atomic mass is 10.0. The molecule has 0 spiro atoms. The van der Waals surface area contributed by atoms with Crippen LogP contribution < -0.4 is 14.9 Å². The third-order valence-electron chi connectivity index (χ3n) is 6.01. The summed E-state index contributed by atoms with van der Waals surface area (Å²) in [4.78, 5) is 25.3. The van der Waals surface area contributed by atoms with E-state index in [1.165, 1.54) is 4.31 Å². The lowest BCUT2D eigenvalue weighted by Crippen LogP contribution is -2.37. The van der Waals surface area contributed by atoms with Gasteiger partial charge in [-0.3, -0.25) is 13.9 Å². The van der Waals surface area contributed by atoms with E-state index in [-0.39, 0.29) is 36.7 Å². The molecule has 9 nitrogen and oxygen atoms in total. The number of rotatable bonds is 9. The molecular formula is C25H30BrN5O4S. The SMILES string of the molecule is CNC(=O)c1c2cc(C3CC3)c(N(CCC(=O)NC(C)C)S(C)(=O)=O)cc2nn1-c1ccc(Br)cc1. The molecule has 192 valence electrons. The highest BCUT2D eigenvalue weighted by Crippen LogP contribution is 2.46. The molecule has 1 saturated carbocycles. The Morgan fingerprint density at radius 1 is 1.19 bits per heavy atom. The molecule has 1 aromatic heterocycles. The van der Waals surface area contributed by atoms with Crippen LogP contribution in [0.5, 0.6) is 0 Å². The minimum atomic E-state index is -3.69. The predicted octanol–water partition coefficient (Wildman–Crippen LogP) is 3.71. The molecule has 36 heavy (non-hydrogen) atoms. The quantitative estimate of drug-likeness (QED) is 0.404. The Balaban J connectivity index is 1.87. The monoisotopic (exact) mass is 575 g/mol. The molecule has 0 atom stereocenters. The number of halogens is 1. The van der Waals surface area contributed by atoms with Gasteiger partial charge in [0.1, 0.15) is 5.69 Å². The fourth-order valence-corrected chi connectivity index (χ4v) is 5.45. The number of nitrogens with zero attached hydrogens (tertiary/aromatic N) is 3. The summed E-state index contributed by atoms with van der Waals surface area (Å²) in [7, 11) is -2.12. The van der Waals surface area contributed by atoms with Gasteiger partial charge in [-0.2, -0.15) is 5.10 Å². The van der Waals surface area contributed by atoms with Gasteiger partial charge in [0.15, 0.2) is 0 Å². The number of carbonyl (C=O) groups is 2. The molecule has 1 aliphatic rings. The first-order valence-corrected chi connectivity index (χ1v) is 14.5. The summed E-state index contributed by atoms with van der Waals surface area (Å²) >= 11 is 3.43. The Morgan fingerprint density at radius 3 is 2.42 bits per heavy atom. The highest BCUT2D eigenvalue weighted by Gasteiger charge is 2.32.